The lowest BCUT2D eigenvalue weighted by Gasteiger charge is -2.23. The van der Waals surface area contributed by atoms with E-state index < -0.39 is 0 Å². The van der Waals surface area contributed by atoms with Gasteiger partial charge < -0.3 is 5.32 Å². The van der Waals surface area contributed by atoms with Gasteiger partial charge >= 0.3 is 5.69 Å². The Balaban J connectivity index is 2.36. The summed E-state index contributed by atoms with van der Waals surface area (Å²) in [5.74, 6) is 1.48. The van der Waals surface area contributed by atoms with E-state index in [0.29, 0.717) is 5.92 Å². The monoisotopic (exact) mass is 258 g/mol. The molecule has 1 atom stereocenters. The molecule has 0 radical (unpaired) electrons. The van der Waals surface area contributed by atoms with Crippen LogP contribution in [0.5, 0.6) is 0 Å². The second kappa shape index (κ2) is 5.73. The zero-order chi connectivity index (χ0) is 13.1. The van der Waals surface area contributed by atoms with Gasteiger partial charge in [0.2, 0.25) is 0 Å². The molecule has 1 rings (SSSR count). The lowest BCUT2D eigenvalue weighted by atomic mass is 10.1. The standard InChI is InChI=1S/C11H22N4OS/c1-8(6-12-11(2,3)4)7-17-10-14-13-9(16)15(10)5/h8,12H,6-7H2,1-5H3,(H,13,16). The Bertz CT molecular complexity index is 404. The molecule has 17 heavy (non-hydrogen) atoms. The van der Waals surface area contributed by atoms with Crippen molar-refractivity contribution in [3.05, 3.63) is 10.5 Å². The minimum absolute atomic E-state index is 0.151. The quantitative estimate of drug-likeness (QED) is 0.780. The van der Waals surface area contributed by atoms with Gasteiger partial charge in [-0.15, -0.1) is 5.10 Å². The minimum atomic E-state index is -0.159. The van der Waals surface area contributed by atoms with E-state index in [2.05, 4.69) is 43.2 Å². The van der Waals surface area contributed by atoms with Crippen molar-refractivity contribution in [2.75, 3.05) is 12.3 Å². The Kier molecular flexibility index (Phi) is 4.82. The van der Waals surface area contributed by atoms with Crippen LogP contribution in [0.1, 0.15) is 27.7 Å². The predicted octanol–water partition coefficient (Wildman–Crippen LogP) is 1.22. The summed E-state index contributed by atoms with van der Waals surface area (Å²) in [5.41, 5.74) is -0.00838. The molecule has 6 heteroatoms. The summed E-state index contributed by atoms with van der Waals surface area (Å²) in [6.45, 7) is 9.63. The molecule has 1 unspecified atom stereocenters. The van der Waals surface area contributed by atoms with Gasteiger partial charge in [-0.3, -0.25) is 4.57 Å². The molecule has 5 nitrogen and oxygen atoms in total. The Morgan fingerprint density at radius 3 is 2.65 bits per heavy atom. The van der Waals surface area contributed by atoms with Crippen LogP contribution in [0, 0.1) is 5.92 Å². The molecule has 0 spiro atoms. The van der Waals surface area contributed by atoms with Crippen molar-refractivity contribution in [1.82, 2.24) is 20.1 Å². The van der Waals surface area contributed by atoms with Gasteiger partial charge in [0.05, 0.1) is 0 Å². The average molecular weight is 258 g/mol. The SMILES string of the molecule is CC(CNC(C)(C)C)CSc1n[nH]c(=O)n1C. The third-order valence-corrected chi connectivity index (χ3v) is 3.68. The smallest absolute Gasteiger partial charge is 0.312 e. The van der Waals surface area contributed by atoms with E-state index in [1.807, 2.05) is 0 Å². The van der Waals surface area contributed by atoms with E-state index in [-0.39, 0.29) is 11.2 Å². The molecule has 1 heterocycles. The average Bonchev–Trinajstić information content (AvgIpc) is 2.53. The molecule has 0 bridgehead atoms. The van der Waals surface area contributed by atoms with Gasteiger partial charge in [-0.05, 0) is 33.2 Å². The molecule has 1 aromatic rings. The number of H-pyrrole nitrogens is 1. The third kappa shape index (κ3) is 4.95. The fourth-order valence-electron chi connectivity index (χ4n) is 1.22. The van der Waals surface area contributed by atoms with Crippen molar-refractivity contribution in [3.63, 3.8) is 0 Å². The van der Waals surface area contributed by atoms with Crippen LogP contribution in [0.15, 0.2) is 9.95 Å². The number of aromatic nitrogens is 3. The molecule has 98 valence electrons. The summed E-state index contributed by atoms with van der Waals surface area (Å²) in [6.07, 6.45) is 0. The molecular weight excluding hydrogens is 236 g/mol. The van der Waals surface area contributed by atoms with Crippen molar-refractivity contribution < 1.29 is 0 Å². The van der Waals surface area contributed by atoms with Crippen molar-refractivity contribution >= 4 is 11.8 Å². The summed E-state index contributed by atoms with van der Waals surface area (Å²) >= 11 is 1.61. The molecule has 0 fully saturated rings. The highest BCUT2D eigenvalue weighted by atomic mass is 32.2. The molecule has 1 aromatic heterocycles. The maximum absolute atomic E-state index is 11.2. The highest BCUT2D eigenvalue weighted by Gasteiger charge is 2.12. The number of hydrogen-bond donors (Lipinski definition) is 2. The van der Waals surface area contributed by atoms with Crippen LogP contribution < -0.4 is 11.0 Å². The number of hydrogen-bond acceptors (Lipinski definition) is 4. The second-order valence-corrected chi connectivity index (χ2v) is 6.40. The van der Waals surface area contributed by atoms with Crippen molar-refractivity contribution in [3.8, 4) is 0 Å². The van der Waals surface area contributed by atoms with Crippen LogP contribution in [0.25, 0.3) is 0 Å². The number of rotatable bonds is 5. The van der Waals surface area contributed by atoms with Crippen LogP contribution >= 0.6 is 11.8 Å². The number of nitrogens with one attached hydrogen (secondary N) is 2. The molecule has 0 amide bonds. The second-order valence-electron chi connectivity index (χ2n) is 5.42. The van der Waals surface area contributed by atoms with Gasteiger partial charge in [-0.1, -0.05) is 18.7 Å². The van der Waals surface area contributed by atoms with Crippen LogP contribution in [-0.2, 0) is 7.05 Å². The lowest BCUT2D eigenvalue weighted by molar-refractivity contribution is 0.395. The van der Waals surface area contributed by atoms with E-state index in [1.165, 1.54) is 4.57 Å². The Morgan fingerprint density at radius 2 is 2.18 bits per heavy atom. The molecule has 0 saturated carbocycles. The first-order valence-corrected chi connectivity index (χ1v) is 6.77. The molecule has 0 saturated heterocycles. The first kappa shape index (κ1) is 14.3. The van der Waals surface area contributed by atoms with Crippen molar-refractivity contribution in [2.24, 2.45) is 13.0 Å². The normalized spacial score (nSPS) is 13.9. The molecule has 0 aliphatic heterocycles. The van der Waals surface area contributed by atoms with Gasteiger partial charge in [0.15, 0.2) is 5.16 Å². The highest BCUT2D eigenvalue weighted by Crippen LogP contribution is 2.16. The van der Waals surface area contributed by atoms with Crippen LogP contribution in [0.2, 0.25) is 0 Å². The van der Waals surface area contributed by atoms with Gasteiger partial charge in [0.25, 0.3) is 0 Å². The molecule has 0 aromatic carbocycles. The van der Waals surface area contributed by atoms with E-state index >= 15 is 0 Å². The summed E-state index contributed by atoms with van der Waals surface area (Å²) in [6, 6.07) is 0. The molecule has 2 N–H and O–H groups in total. The van der Waals surface area contributed by atoms with Gasteiger partial charge in [-0.2, -0.15) is 0 Å². The van der Waals surface area contributed by atoms with Crippen LogP contribution in [0.4, 0.5) is 0 Å². The van der Waals surface area contributed by atoms with Gasteiger partial charge in [0.1, 0.15) is 0 Å². The summed E-state index contributed by atoms with van der Waals surface area (Å²) in [7, 11) is 1.73. The van der Waals surface area contributed by atoms with Crippen LogP contribution in [0.3, 0.4) is 0 Å². The lowest BCUT2D eigenvalue weighted by Crippen LogP contribution is -2.39. The largest absolute Gasteiger partial charge is 0.343 e. The number of nitrogens with zero attached hydrogens (tertiary/aromatic N) is 2. The minimum Gasteiger partial charge on any atom is -0.312 e. The molecule has 0 aliphatic carbocycles. The molecular formula is C11H22N4OS. The Hall–Kier alpha value is -0.750. The van der Waals surface area contributed by atoms with Crippen molar-refractivity contribution in [2.45, 2.75) is 38.4 Å². The number of thioether (sulfide) groups is 1. The third-order valence-electron chi connectivity index (χ3n) is 2.32. The maximum atomic E-state index is 11.2. The summed E-state index contributed by atoms with van der Waals surface area (Å²) < 4.78 is 1.54. The molecule has 0 aliphatic rings. The topological polar surface area (TPSA) is 62.7 Å². The van der Waals surface area contributed by atoms with E-state index in [0.717, 1.165) is 17.5 Å². The van der Waals surface area contributed by atoms with E-state index in [9.17, 15) is 4.79 Å². The van der Waals surface area contributed by atoms with Crippen molar-refractivity contribution in [1.29, 1.82) is 0 Å². The van der Waals surface area contributed by atoms with E-state index in [4.69, 9.17) is 0 Å². The summed E-state index contributed by atoms with van der Waals surface area (Å²) in [4.78, 5) is 11.2. The fraction of sp³-hybridized carbons (Fsp3) is 0.818. The zero-order valence-electron chi connectivity index (χ0n) is 11.2. The predicted molar refractivity (Wildman–Crippen MR) is 71.5 cm³/mol. The fourth-order valence-corrected chi connectivity index (χ4v) is 2.16. The Morgan fingerprint density at radius 1 is 1.53 bits per heavy atom. The highest BCUT2D eigenvalue weighted by molar-refractivity contribution is 7.99. The first-order chi connectivity index (χ1) is 7.79. The van der Waals surface area contributed by atoms with Gasteiger partial charge in [-0.25, -0.2) is 9.89 Å². The maximum Gasteiger partial charge on any atom is 0.343 e. The zero-order valence-corrected chi connectivity index (χ0v) is 12.0. The van der Waals surface area contributed by atoms with Gasteiger partial charge in [0, 0.05) is 18.3 Å². The first-order valence-electron chi connectivity index (χ1n) is 5.79. The summed E-state index contributed by atoms with van der Waals surface area (Å²) in [5, 5.41) is 10.6. The van der Waals surface area contributed by atoms with E-state index in [1.54, 1.807) is 18.8 Å². The number of aromatic amines is 1. The Labute approximate surface area is 106 Å². The van der Waals surface area contributed by atoms with Crippen LogP contribution in [-0.4, -0.2) is 32.6 Å².